The lowest BCUT2D eigenvalue weighted by atomic mass is 10.1. The zero-order valence-corrected chi connectivity index (χ0v) is 17.5. The number of rotatable bonds is 3. The van der Waals surface area contributed by atoms with Gasteiger partial charge in [0.1, 0.15) is 17.0 Å². The van der Waals surface area contributed by atoms with Crippen molar-refractivity contribution in [3.63, 3.8) is 0 Å². The van der Waals surface area contributed by atoms with Crippen molar-refractivity contribution in [3.8, 4) is 11.3 Å². The van der Waals surface area contributed by atoms with Gasteiger partial charge in [0.25, 0.3) is 5.91 Å². The first-order valence-electron chi connectivity index (χ1n) is 9.96. The number of aromatic nitrogens is 3. The number of hydrogen-bond acceptors (Lipinski definition) is 6. The Balaban J connectivity index is 1.31. The SMILES string of the molecule is Cc1nc(-c2ccccc2)ccc1C(=O)N1CCN(c2ncnc3sccc23)CC1. The van der Waals surface area contributed by atoms with E-state index in [9.17, 15) is 4.79 Å². The summed E-state index contributed by atoms with van der Waals surface area (Å²) in [6.45, 7) is 4.73. The van der Waals surface area contributed by atoms with E-state index in [2.05, 4.69) is 25.9 Å². The summed E-state index contributed by atoms with van der Waals surface area (Å²) in [7, 11) is 0. The Kier molecular flexibility index (Phi) is 4.88. The number of anilines is 1. The summed E-state index contributed by atoms with van der Waals surface area (Å²) < 4.78 is 0. The zero-order chi connectivity index (χ0) is 20.5. The number of fused-ring (bicyclic) bond motifs is 1. The molecule has 0 radical (unpaired) electrons. The molecule has 0 unspecified atom stereocenters. The second-order valence-electron chi connectivity index (χ2n) is 7.31. The Hall–Kier alpha value is -3.32. The maximum absolute atomic E-state index is 13.1. The molecule has 0 bridgehead atoms. The molecule has 1 amide bonds. The highest BCUT2D eigenvalue weighted by atomic mass is 32.1. The normalized spacial score (nSPS) is 14.3. The van der Waals surface area contributed by atoms with Gasteiger partial charge in [-0.2, -0.15) is 0 Å². The maximum atomic E-state index is 13.1. The second-order valence-corrected chi connectivity index (χ2v) is 8.21. The van der Waals surface area contributed by atoms with Crippen molar-refractivity contribution in [2.45, 2.75) is 6.92 Å². The van der Waals surface area contributed by atoms with E-state index in [4.69, 9.17) is 0 Å². The van der Waals surface area contributed by atoms with Crippen molar-refractivity contribution < 1.29 is 4.79 Å². The highest BCUT2D eigenvalue weighted by molar-refractivity contribution is 7.16. The van der Waals surface area contributed by atoms with Crippen molar-refractivity contribution in [2.75, 3.05) is 31.1 Å². The fraction of sp³-hybridized carbons (Fsp3) is 0.217. The molecule has 0 N–H and O–H groups in total. The molecule has 6 nitrogen and oxygen atoms in total. The van der Waals surface area contributed by atoms with Crippen LogP contribution in [0, 0.1) is 6.92 Å². The Morgan fingerprint density at radius 1 is 0.967 bits per heavy atom. The van der Waals surface area contributed by atoms with Crippen LogP contribution >= 0.6 is 11.3 Å². The molecule has 4 heterocycles. The number of nitrogens with zero attached hydrogens (tertiary/aromatic N) is 5. The van der Waals surface area contributed by atoms with E-state index >= 15 is 0 Å². The average molecular weight is 416 g/mol. The fourth-order valence-electron chi connectivity index (χ4n) is 3.88. The molecule has 4 aromatic rings. The van der Waals surface area contributed by atoms with Crippen LogP contribution in [0.15, 0.2) is 60.2 Å². The quantitative estimate of drug-likeness (QED) is 0.506. The zero-order valence-electron chi connectivity index (χ0n) is 16.7. The molecule has 0 atom stereocenters. The molecule has 7 heteroatoms. The van der Waals surface area contributed by atoms with Gasteiger partial charge in [0.2, 0.25) is 0 Å². The van der Waals surface area contributed by atoms with Gasteiger partial charge in [-0.3, -0.25) is 9.78 Å². The predicted octanol–water partition coefficient (Wildman–Crippen LogP) is 4.02. The standard InChI is InChI=1S/C23H21N5OS/c1-16-18(7-8-20(26-16)17-5-3-2-4-6-17)23(29)28-12-10-27(11-13-28)21-19-9-14-30-22(19)25-15-24-21/h2-9,14-15H,10-13H2,1H3. The van der Waals surface area contributed by atoms with Crippen LogP contribution in [0.25, 0.3) is 21.5 Å². The Labute approximate surface area is 178 Å². The van der Waals surface area contributed by atoms with Crippen molar-refractivity contribution in [3.05, 3.63) is 71.5 Å². The molecule has 5 rings (SSSR count). The van der Waals surface area contributed by atoms with Gasteiger partial charge in [-0.15, -0.1) is 11.3 Å². The smallest absolute Gasteiger partial charge is 0.255 e. The van der Waals surface area contributed by atoms with Gasteiger partial charge in [0.15, 0.2) is 0 Å². The summed E-state index contributed by atoms with van der Waals surface area (Å²) in [4.78, 5) is 31.8. The highest BCUT2D eigenvalue weighted by Gasteiger charge is 2.25. The minimum atomic E-state index is 0.0441. The molecular weight excluding hydrogens is 394 g/mol. The van der Waals surface area contributed by atoms with Gasteiger partial charge in [0.05, 0.1) is 22.3 Å². The predicted molar refractivity (Wildman–Crippen MR) is 120 cm³/mol. The van der Waals surface area contributed by atoms with E-state index in [0.717, 1.165) is 46.1 Å². The summed E-state index contributed by atoms with van der Waals surface area (Å²) in [5.41, 5.74) is 3.38. The number of benzene rings is 1. The van der Waals surface area contributed by atoms with Gasteiger partial charge in [-0.25, -0.2) is 9.97 Å². The molecule has 0 saturated carbocycles. The van der Waals surface area contributed by atoms with Crippen LogP contribution in [0.2, 0.25) is 0 Å². The third-order valence-electron chi connectivity index (χ3n) is 5.49. The summed E-state index contributed by atoms with van der Waals surface area (Å²) in [5.74, 6) is 1.00. The van der Waals surface area contributed by atoms with E-state index in [-0.39, 0.29) is 5.91 Å². The third-order valence-corrected chi connectivity index (χ3v) is 6.31. The van der Waals surface area contributed by atoms with Crippen molar-refractivity contribution in [2.24, 2.45) is 0 Å². The topological polar surface area (TPSA) is 62.2 Å². The lowest BCUT2D eigenvalue weighted by molar-refractivity contribution is 0.0745. The lowest BCUT2D eigenvalue weighted by Crippen LogP contribution is -2.49. The number of piperazine rings is 1. The molecule has 30 heavy (non-hydrogen) atoms. The average Bonchev–Trinajstić information content (AvgIpc) is 3.28. The molecule has 1 fully saturated rings. The number of carbonyl (C=O) groups is 1. The van der Waals surface area contributed by atoms with Crippen molar-refractivity contribution in [1.82, 2.24) is 19.9 Å². The summed E-state index contributed by atoms with van der Waals surface area (Å²) in [6.07, 6.45) is 1.62. The number of thiophene rings is 1. The highest BCUT2D eigenvalue weighted by Crippen LogP contribution is 2.27. The summed E-state index contributed by atoms with van der Waals surface area (Å²) in [5, 5.41) is 3.12. The molecule has 1 aliphatic heterocycles. The van der Waals surface area contributed by atoms with Crippen LogP contribution in [-0.2, 0) is 0 Å². The van der Waals surface area contributed by atoms with Crippen LogP contribution in [0.1, 0.15) is 16.1 Å². The monoisotopic (exact) mass is 415 g/mol. The molecule has 1 aliphatic rings. The molecule has 0 aliphatic carbocycles. The fourth-order valence-corrected chi connectivity index (χ4v) is 4.60. The van der Waals surface area contributed by atoms with E-state index in [0.29, 0.717) is 18.7 Å². The van der Waals surface area contributed by atoms with Crippen LogP contribution in [0.3, 0.4) is 0 Å². The van der Waals surface area contributed by atoms with Crippen LogP contribution < -0.4 is 4.90 Å². The van der Waals surface area contributed by atoms with Crippen molar-refractivity contribution in [1.29, 1.82) is 0 Å². The Morgan fingerprint density at radius 3 is 2.53 bits per heavy atom. The molecule has 1 saturated heterocycles. The van der Waals surface area contributed by atoms with E-state index in [1.807, 2.05) is 59.7 Å². The van der Waals surface area contributed by atoms with Crippen molar-refractivity contribution >= 4 is 33.3 Å². The summed E-state index contributed by atoms with van der Waals surface area (Å²) >= 11 is 1.62. The van der Waals surface area contributed by atoms with Crippen LogP contribution in [-0.4, -0.2) is 51.9 Å². The van der Waals surface area contributed by atoms with Gasteiger partial charge in [0, 0.05) is 31.7 Å². The number of aryl methyl sites for hydroxylation is 1. The number of carbonyl (C=O) groups excluding carboxylic acids is 1. The first-order valence-corrected chi connectivity index (χ1v) is 10.8. The largest absolute Gasteiger partial charge is 0.352 e. The Morgan fingerprint density at radius 2 is 1.77 bits per heavy atom. The van der Waals surface area contributed by atoms with E-state index in [1.54, 1.807) is 17.7 Å². The number of hydrogen-bond donors (Lipinski definition) is 0. The van der Waals surface area contributed by atoms with E-state index in [1.165, 1.54) is 0 Å². The lowest BCUT2D eigenvalue weighted by Gasteiger charge is -2.35. The molecule has 3 aromatic heterocycles. The Bertz CT molecular complexity index is 1200. The maximum Gasteiger partial charge on any atom is 0.255 e. The second kappa shape index (κ2) is 7.84. The minimum Gasteiger partial charge on any atom is -0.352 e. The molecular formula is C23H21N5OS. The molecule has 1 aromatic carbocycles. The number of pyridine rings is 1. The van der Waals surface area contributed by atoms with Gasteiger partial charge in [-0.05, 0) is 30.5 Å². The van der Waals surface area contributed by atoms with Gasteiger partial charge in [-0.1, -0.05) is 30.3 Å². The third kappa shape index (κ3) is 3.41. The van der Waals surface area contributed by atoms with Crippen LogP contribution in [0.4, 0.5) is 5.82 Å². The molecule has 0 spiro atoms. The van der Waals surface area contributed by atoms with Gasteiger partial charge < -0.3 is 9.80 Å². The number of amides is 1. The first-order chi connectivity index (χ1) is 14.7. The summed E-state index contributed by atoms with van der Waals surface area (Å²) in [6, 6.07) is 15.9. The van der Waals surface area contributed by atoms with E-state index < -0.39 is 0 Å². The minimum absolute atomic E-state index is 0.0441. The first kappa shape index (κ1) is 18.7. The van der Waals surface area contributed by atoms with Gasteiger partial charge >= 0.3 is 0 Å². The molecule has 150 valence electrons. The van der Waals surface area contributed by atoms with Crippen LogP contribution in [0.5, 0.6) is 0 Å².